The van der Waals surface area contributed by atoms with Crippen LogP contribution in [0, 0.1) is 0 Å². The van der Waals surface area contributed by atoms with E-state index in [2.05, 4.69) is 0 Å². The fourth-order valence-electron chi connectivity index (χ4n) is 2.74. The van der Waals surface area contributed by atoms with Gasteiger partial charge in [0.15, 0.2) is 0 Å². The Bertz CT molecular complexity index is 795. The molecule has 1 amide bonds. The van der Waals surface area contributed by atoms with Crippen LogP contribution in [-0.2, 0) is 16.1 Å². The van der Waals surface area contributed by atoms with Crippen molar-refractivity contribution < 1.29 is 19.5 Å². The van der Waals surface area contributed by atoms with Crippen LogP contribution in [0.4, 0.5) is 5.69 Å². The Hall–Kier alpha value is -2.95. The van der Waals surface area contributed by atoms with Crippen molar-refractivity contribution in [3.63, 3.8) is 0 Å². The predicted molar refractivity (Wildman–Crippen MR) is 84.5 cm³/mol. The first-order chi connectivity index (χ1) is 11.0. The summed E-state index contributed by atoms with van der Waals surface area (Å²) in [6, 6.07) is 14.3. The number of carboxylic acids is 1. The van der Waals surface area contributed by atoms with Gasteiger partial charge in [-0.3, -0.25) is 9.59 Å². The van der Waals surface area contributed by atoms with Crippen molar-refractivity contribution in [3.05, 3.63) is 65.2 Å². The minimum atomic E-state index is -1.44. The van der Waals surface area contributed by atoms with E-state index in [-0.39, 0.29) is 5.91 Å². The van der Waals surface area contributed by atoms with Gasteiger partial charge in [0.2, 0.25) is 5.78 Å². The van der Waals surface area contributed by atoms with Crippen LogP contribution < -0.4 is 4.90 Å². The largest absolute Gasteiger partial charge is 0.475 e. The van der Waals surface area contributed by atoms with Crippen molar-refractivity contribution >= 4 is 23.3 Å². The molecule has 2 aromatic rings. The number of rotatable bonds is 4. The van der Waals surface area contributed by atoms with Crippen molar-refractivity contribution in [2.45, 2.75) is 19.4 Å². The van der Waals surface area contributed by atoms with Gasteiger partial charge in [-0.05, 0) is 29.3 Å². The van der Waals surface area contributed by atoms with Crippen LogP contribution in [0.3, 0.4) is 0 Å². The van der Waals surface area contributed by atoms with Gasteiger partial charge in [-0.15, -0.1) is 0 Å². The maximum Gasteiger partial charge on any atom is 0.372 e. The first-order valence-electron chi connectivity index (χ1n) is 7.26. The van der Waals surface area contributed by atoms with Crippen LogP contribution >= 0.6 is 0 Å². The molecule has 1 heterocycles. The smallest absolute Gasteiger partial charge is 0.372 e. The first-order valence-corrected chi connectivity index (χ1v) is 7.26. The average molecular weight is 309 g/mol. The number of fused-ring (bicyclic) bond motifs is 1. The molecular formula is C18H15NO4. The second-order valence-corrected chi connectivity index (χ2v) is 5.53. The summed E-state index contributed by atoms with van der Waals surface area (Å²) in [5.74, 6) is -3.05. The highest BCUT2D eigenvalue weighted by molar-refractivity contribution is 6.34. The van der Waals surface area contributed by atoms with E-state index in [0.29, 0.717) is 17.7 Å². The molecule has 5 nitrogen and oxygen atoms in total. The fraction of sp³-hybridized carbons (Fsp3) is 0.167. The molecular weight excluding hydrogens is 294 g/mol. The minimum Gasteiger partial charge on any atom is -0.475 e. The number of anilines is 1. The number of carbonyl (C=O) groups is 3. The van der Waals surface area contributed by atoms with Crippen molar-refractivity contribution in [2.24, 2.45) is 0 Å². The van der Waals surface area contributed by atoms with Crippen LogP contribution in [0.2, 0.25) is 0 Å². The number of Topliss-reactive ketones (excluding diaryl/α,β-unsaturated/α-hetero) is 1. The van der Waals surface area contributed by atoms with Gasteiger partial charge in [0, 0.05) is 11.3 Å². The molecule has 1 aliphatic heterocycles. The highest BCUT2D eigenvalue weighted by Gasteiger charge is 2.28. The van der Waals surface area contributed by atoms with Crippen LogP contribution in [-0.4, -0.2) is 22.8 Å². The third-order valence-electron chi connectivity index (χ3n) is 4.13. The van der Waals surface area contributed by atoms with Gasteiger partial charge >= 0.3 is 5.97 Å². The molecule has 1 atom stereocenters. The average Bonchev–Trinajstić information content (AvgIpc) is 2.91. The molecule has 2 aromatic carbocycles. The lowest BCUT2D eigenvalue weighted by Gasteiger charge is -2.17. The summed E-state index contributed by atoms with van der Waals surface area (Å²) in [6.07, 6.45) is 0. The van der Waals surface area contributed by atoms with Gasteiger partial charge in [-0.1, -0.05) is 37.3 Å². The SMILES string of the molecule is CC(C(=O)C(=O)O)c1ccc(N2Cc3ccccc3C2=O)cc1. The summed E-state index contributed by atoms with van der Waals surface area (Å²) >= 11 is 0. The van der Waals surface area contributed by atoms with E-state index >= 15 is 0 Å². The van der Waals surface area contributed by atoms with Crippen molar-refractivity contribution in [2.75, 3.05) is 4.90 Å². The number of carbonyl (C=O) groups excluding carboxylic acids is 2. The second kappa shape index (κ2) is 5.68. The zero-order valence-electron chi connectivity index (χ0n) is 12.5. The molecule has 0 aromatic heterocycles. The number of benzene rings is 2. The lowest BCUT2D eigenvalue weighted by molar-refractivity contribution is -0.149. The summed E-state index contributed by atoms with van der Waals surface area (Å²) in [5.41, 5.74) is 3.03. The summed E-state index contributed by atoms with van der Waals surface area (Å²) in [5, 5.41) is 8.77. The van der Waals surface area contributed by atoms with Gasteiger partial charge in [-0.2, -0.15) is 0 Å². The van der Waals surface area contributed by atoms with E-state index in [1.807, 2.05) is 18.2 Å². The lowest BCUT2D eigenvalue weighted by atomic mass is 9.96. The van der Waals surface area contributed by atoms with Crippen LogP contribution in [0.25, 0.3) is 0 Å². The molecule has 0 spiro atoms. The highest BCUT2D eigenvalue weighted by Crippen LogP contribution is 2.29. The molecule has 0 saturated carbocycles. The quantitative estimate of drug-likeness (QED) is 0.881. The fourth-order valence-corrected chi connectivity index (χ4v) is 2.74. The Morgan fingerprint density at radius 3 is 2.35 bits per heavy atom. The van der Waals surface area contributed by atoms with Crippen LogP contribution in [0.5, 0.6) is 0 Å². The monoisotopic (exact) mass is 309 g/mol. The summed E-state index contributed by atoms with van der Waals surface area (Å²) in [4.78, 5) is 36.4. The molecule has 0 aliphatic carbocycles. The Morgan fingerprint density at radius 2 is 1.74 bits per heavy atom. The summed E-state index contributed by atoms with van der Waals surface area (Å²) in [6.45, 7) is 2.07. The molecule has 0 radical (unpaired) electrons. The van der Waals surface area contributed by atoms with Crippen LogP contribution in [0.1, 0.15) is 34.3 Å². The van der Waals surface area contributed by atoms with Gasteiger partial charge < -0.3 is 10.0 Å². The van der Waals surface area contributed by atoms with E-state index in [9.17, 15) is 14.4 Å². The van der Waals surface area contributed by atoms with E-state index in [1.165, 1.54) is 0 Å². The Labute approximate surface area is 133 Å². The number of ketones is 1. The first kappa shape index (κ1) is 15.0. The van der Waals surface area contributed by atoms with E-state index in [4.69, 9.17) is 5.11 Å². The lowest BCUT2D eigenvalue weighted by Crippen LogP contribution is -2.23. The molecule has 1 N–H and O–H groups in total. The number of hydrogen-bond donors (Lipinski definition) is 1. The Kier molecular flexibility index (Phi) is 3.70. The molecule has 0 fully saturated rings. The molecule has 0 bridgehead atoms. The number of amides is 1. The minimum absolute atomic E-state index is 0.0528. The van der Waals surface area contributed by atoms with E-state index in [1.54, 1.807) is 42.2 Å². The third-order valence-corrected chi connectivity index (χ3v) is 4.13. The number of hydrogen-bond acceptors (Lipinski definition) is 3. The summed E-state index contributed by atoms with van der Waals surface area (Å²) < 4.78 is 0. The highest BCUT2D eigenvalue weighted by atomic mass is 16.4. The zero-order valence-corrected chi connectivity index (χ0v) is 12.5. The maximum atomic E-state index is 12.4. The standard InChI is InChI=1S/C18H15NO4/c1-11(16(20)18(22)23)12-6-8-14(9-7-12)19-10-13-4-2-3-5-15(13)17(19)21/h2-9,11H,10H2,1H3,(H,22,23). The topological polar surface area (TPSA) is 74.7 Å². The number of aliphatic carboxylic acids is 1. The molecule has 1 aliphatic rings. The Morgan fingerprint density at radius 1 is 1.09 bits per heavy atom. The van der Waals surface area contributed by atoms with Gasteiger partial charge in [0.1, 0.15) is 0 Å². The van der Waals surface area contributed by atoms with Gasteiger partial charge in [0.25, 0.3) is 5.91 Å². The van der Waals surface area contributed by atoms with Gasteiger partial charge in [-0.25, -0.2) is 4.79 Å². The molecule has 0 saturated heterocycles. The Balaban J connectivity index is 1.83. The maximum absolute atomic E-state index is 12.4. The molecule has 116 valence electrons. The van der Waals surface area contributed by atoms with E-state index in [0.717, 1.165) is 11.3 Å². The predicted octanol–water partition coefficient (Wildman–Crippen LogP) is 2.60. The molecule has 3 rings (SSSR count). The van der Waals surface area contributed by atoms with Gasteiger partial charge in [0.05, 0.1) is 12.5 Å². The molecule has 1 unspecified atom stereocenters. The molecule has 5 heteroatoms. The molecule has 23 heavy (non-hydrogen) atoms. The van der Waals surface area contributed by atoms with Crippen molar-refractivity contribution in [3.8, 4) is 0 Å². The normalized spacial score (nSPS) is 14.5. The number of nitrogens with zero attached hydrogens (tertiary/aromatic N) is 1. The summed E-state index contributed by atoms with van der Waals surface area (Å²) in [7, 11) is 0. The number of carboxylic acid groups (broad SMARTS) is 1. The van der Waals surface area contributed by atoms with Crippen molar-refractivity contribution in [1.29, 1.82) is 0 Å². The van der Waals surface area contributed by atoms with E-state index < -0.39 is 17.7 Å². The zero-order chi connectivity index (χ0) is 16.6. The van der Waals surface area contributed by atoms with Crippen LogP contribution in [0.15, 0.2) is 48.5 Å². The van der Waals surface area contributed by atoms with Crippen molar-refractivity contribution in [1.82, 2.24) is 0 Å². The third kappa shape index (κ3) is 2.61. The second-order valence-electron chi connectivity index (χ2n) is 5.53.